The van der Waals surface area contributed by atoms with Gasteiger partial charge in [0.05, 0.1) is 24.9 Å². The third-order valence-corrected chi connectivity index (χ3v) is 3.85. The Labute approximate surface area is 119 Å². The molecule has 0 atom stereocenters. The van der Waals surface area contributed by atoms with Gasteiger partial charge in [0.2, 0.25) is 0 Å². The minimum Gasteiger partial charge on any atom is -0.495 e. The number of likely N-dealkylation sites (tertiary alicyclic amines) is 1. The molecule has 1 aliphatic rings. The summed E-state index contributed by atoms with van der Waals surface area (Å²) in [5, 5.41) is 4.10. The van der Waals surface area contributed by atoms with Gasteiger partial charge in [0.1, 0.15) is 11.5 Å². The normalized spacial score (nSPS) is 17.3. The molecule has 1 aliphatic heterocycles. The fraction of sp³-hybridized carbons (Fsp3) is 0.571. The van der Waals surface area contributed by atoms with Crippen LogP contribution >= 0.6 is 11.6 Å². The van der Waals surface area contributed by atoms with E-state index in [2.05, 4.69) is 17.3 Å². The van der Waals surface area contributed by atoms with E-state index in [9.17, 15) is 0 Å². The van der Waals surface area contributed by atoms with Crippen molar-refractivity contribution >= 4 is 17.3 Å². The molecule has 106 valence electrons. The summed E-state index contributed by atoms with van der Waals surface area (Å²) in [5.74, 6) is 1.42. The Morgan fingerprint density at radius 3 is 2.37 bits per heavy atom. The molecule has 1 N–H and O–H groups in total. The Kier molecular flexibility index (Phi) is 4.77. The molecule has 2 rings (SSSR count). The molecule has 5 heteroatoms. The molecule has 0 spiro atoms. The zero-order valence-electron chi connectivity index (χ0n) is 11.7. The fourth-order valence-electron chi connectivity index (χ4n) is 2.35. The van der Waals surface area contributed by atoms with Gasteiger partial charge in [0.15, 0.2) is 0 Å². The zero-order chi connectivity index (χ0) is 13.8. The van der Waals surface area contributed by atoms with Crippen LogP contribution < -0.4 is 14.8 Å². The van der Waals surface area contributed by atoms with Crippen molar-refractivity contribution < 1.29 is 9.47 Å². The summed E-state index contributed by atoms with van der Waals surface area (Å²) in [6, 6.07) is 4.16. The van der Waals surface area contributed by atoms with Gasteiger partial charge in [-0.25, -0.2) is 0 Å². The van der Waals surface area contributed by atoms with Gasteiger partial charge in [-0.05, 0) is 33.0 Å². The highest BCUT2D eigenvalue weighted by atomic mass is 35.5. The highest BCUT2D eigenvalue weighted by Gasteiger charge is 2.18. The predicted molar refractivity (Wildman–Crippen MR) is 78.7 cm³/mol. The number of anilines is 1. The lowest BCUT2D eigenvalue weighted by atomic mass is 10.1. The number of methoxy groups -OCH3 is 2. The summed E-state index contributed by atoms with van der Waals surface area (Å²) in [7, 11) is 5.42. The molecule has 1 fully saturated rings. The zero-order valence-corrected chi connectivity index (χ0v) is 12.5. The van der Waals surface area contributed by atoms with Gasteiger partial charge in [0.25, 0.3) is 0 Å². The molecular weight excluding hydrogens is 264 g/mol. The third-order valence-electron chi connectivity index (χ3n) is 3.55. The average Bonchev–Trinajstić information content (AvgIpc) is 2.42. The highest BCUT2D eigenvalue weighted by Crippen LogP contribution is 2.36. The molecule has 0 amide bonds. The lowest BCUT2D eigenvalue weighted by molar-refractivity contribution is 0.263. The van der Waals surface area contributed by atoms with Gasteiger partial charge >= 0.3 is 0 Å². The van der Waals surface area contributed by atoms with E-state index in [0.717, 1.165) is 37.4 Å². The van der Waals surface area contributed by atoms with E-state index in [0.29, 0.717) is 16.8 Å². The van der Waals surface area contributed by atoms with Crippen molar-refractivity contribution in [3.8, 4) is 11.5 Å². The number of nitrogens with one attached hydrogen (secondary N) is 1. The summed E-state index contributed by atoms with van der Waals surface area (Å²) in [6.45, 7) is 2.23. The minimum atomic E-state index is 0.469. The van der Waals surface area contributed by atoms with Crippen LogP contribution in [0.1, 0.15) is 12.8 Å². The van der Waals surface area contributed by atoms with E-state index >= 15 is 0 Å². The van der Waals surface area contributed by atoms with Crippen molar-refractivity contribution in [1.29, 1.82) is 0 Å². The lowest BCUT2D eigenvalue weighted by Gasteiger charge is -2.30. The topological polar surface area (TPSA) is 33.7 Å². The van der Waals surface area contributed by atoms with Crippen molar-refractivity contribution in [1.82, 2.24) is 4.90 Å². The maximum absolute atomic E-state index is 6.10. The van der Waals surface area contributed by atoms with E-state index in [1.165, 1.54) is 0 Å². The molecule has 0 bridgehead atoms. The number of nitrogens with zero attached hydrogens (tertiary/aromatic N) is 1. The quantitative estimate of drug-likeness (QED) is 0.922. The van der Waals surface area contributed by atoms with Crippen LogP contribution in [0.5, 0.6) is 11.5 Å². The molecule has 1 aromatic carbocycles. The largest absolute Gasteiger partial charge is 0.495 e. The van der Waals surface area contributed by atoms with Crippen LogP contribution in [0, 0.1) is 0 Å². The number of hydrogen-bond donors (Lipinski definition) is 1. The van der Waals surface area contributed by atoms with Gasteiger partial charge < -0.3 is 19.7 Å². The number of rotatable bonds is 4. The Morgan fingerprint density at radius 1 is 1.16 bits per heavy atom. The first kappa shape index (κ1) is 14.3. The van der Waals surface area contributed by atoms with Gasteiger partial charge in [-0.15, -0.1) is 0 Å². The second-order valence-electron chi connectivity index (χ2n) is 4.91. The first-order valence-electron chi connectivity index (χ1n) is 6.50. The van der Waals surface area contributed by atoms with Crippen LogP contribution in [0.4, 0.5) is 5.69 Å². The smallest absolute Gasteiger partial charge is 0.143 e. The van der Waals surface area contributed by atoms with Gasteiger partial charge in [-0.3, -0.25) is 0 Å². The molecule has 19 heavy (non-hydrogen) atoms. The molecule has 1 heterocycles. The van der Waals surface area contributed by atoms with Crippen molar-refractivity contribution in [3.63, 3.8) is 0 Å². The number of halogens is 1. The molecule has 0 aliphatic carbocycles. The lowest BCUT2D eigenvalue weighted by Crippen LogP contribution is -2.36. The minimum absolute atomic E-state index is 0.469. The molecule has 0 unspecified atom stereocenters. The van der Waals surface area contributed by atoms with E-state index < -0.39 is 0 Å². The summed E-state index contributed by atoms with van der Waals surface area (Å²) in [5.41, 5.74) is 0.943. The van der Waals surface area contributed by atoms with E-state index in [-0.39, 0.29) is 0 Å². The third kappa shape index (κ3) is 3.45. The van der Waals surface area contributed by atoms with Crippen LogP contribution in [0.3, 0.4) is 0 Å². The van der Waals surface area contributed by atoms with E-state index in [1.54, 1.807) is 20.3 Å². The number of piperidine rings is 1. The van der Waals surface area contributed by atoms with Crippen molar-refractivity contribution in [2.75, 3.05) is 39.7 Å². The second kappa shape index (κ2) is 6.35. The van der Waals surface area contributed by atoms with Gasteiger partial charge in [-0.2, -0.15) is 0 Å². The molecule has 0 radical (unpaired) electrons. The summed E-state index contributed by atoms with van der Waals surface area (Å²) in [6.07, 6.45) is 2.26. The van der Waals surface area contributed by atoms with Crippen molar-refractivity contribution in [3.05, 3.63) is 17.2 Å². The fourth-order valence-corrected chi connectivity index (χ4v) is 2.58. The Morgan fingerprint density at radius 2 is 1.79 bits per heavy atom. The maximum atomic E-state index is 6.10. The number of hydrogen-bond acceptors (Lipinski definition) is 4. The van der Waals surface area contributed by atoms with Crippen LogP contribution in [0.15, 0.2) is 12.1 Å². The Balaban J connectivity index is 2.14. The Hall–Kier alpha value is -1.13. The van der Waals surface area contributed by atoms with Crippen LogP contribution in [-0.4, -0.2) is 45.3 Å². The molecule has 0 aromatic heterocycles. The standard InChI is InChI=1S/C14H21ClN2O2/c1-17-6-4-10(5-7-17)16-12-9-13(18-2)11(15)8-14(12)19-3/h8-10,16H,4-7H2,1-3H3. The van der Waals surface area contributed by atoms with E-state index in [1.807, 2.05) is 6.07 Å². The number of ether oxygens (including phenoxy) is 2. The van der Waals surface area contributed by atoms with Gasteiger partial charge in [-0.1, -0.05) is 11.6 Å². The molecule has 4 nitrogen and oxygen atoms in total. The first-order valence-corrected chi connectivity index (χ1v) is 6.88. The van der Waals surface area contributed by atoms with Gasteiger partial charge in [0, 0.05) is 18.2 Å². The molecule has 0 saturated carbocycles. The monoisotopic (exact) mass is 284 g/mol. The molecular formula is C14H21ClN2O2. The molecule has 1 saturated heterocycles. The SMILES string of the molecule is COc1cc(NC2CCN(C)CC2)c(OC)cc1Cl. The second-order valence-corrected chi connectivity index (χ2v) is 5.32. The van der Waals surface area contributed by atoms with Crippen LogP contribution in [0.25, 0.3) is 0 Å². The number of benzene rings is 1. The van der Waals surface area contributed by atoms with Crippen LogP contribution in [-0.2, 0) is 0 Å². The summed E-state index contributed by atoms with van der Waals surface area (Å²) in [4.78, 5) is 2.35. The first-order chi connectivity index (χ1) is 9.13. The Bertz CT molecular complexity index is 432. The molecule has 1 aromatic rings. The van der Waals surface area contributed by atoms with E-state index in [4.69, 9.17) is 21.1 Å². The summed E-state index contributed by atoms with van der Waals surface area (Å²) < 4.78 is 10.6. The predicted octanol–water partition coefficient (Wildman–Crippen LogP) is 2.86. The average molecular weight is 285 g/mol. The maximum Gasteiger partial charge on any atom is 0.143 e. The summed E-state index contributed by atoms with van der Waals surface area (Å²) >= 11 is 6.10. The van der Waals surface area contributed by atoms with Crippen molar-refractivity contribution in [2.45, 2.75) is 18.9 Å². The van der Waals surface area contributed by atoms with Crippen molar-refractivity contribution in [2.24, 2.45) is 0 Å². The van der Waals surface area contributed by atoms with Crippen LogP contribution in [0.2, 0.25) is 5.02 Å². The highest BCUT2D eigenvalue weighted by molar-refractivity contribution is 6.32.